The van der Waals surface area contributed by atoms with Crippen molar-refractivity contribution in [3.63, 3.8) is 0 Å². The number of amides is 2. The number of carbonyl (C=O) groups excluding carboxylic acids is 2. The van der Waals surface area contributed by atoms with Crippen molar-refractivity contribution in [2.75, 3.05) is 0 Å². The Kier molecular flexibility index (Phi) is 6.04. The van der Waals surface area contributed by atoms with E-state index in [0.29, 0.717) is 11.5 Å². The van der Waals surface area contributed by atoms with Crippen molar-refractivity contribution in [3.05, 3.63) is 96.0 Å². The van der Waals surface area contributed by atoms with Gasteiger partial charge in [-0.1, -0.05) is 30.3 Å². The van der Waals surface area contributed by atoms with Crippen LogP contribution in [0.15, 0.2) is 87.7 Å². The molecule has 2 heterocycles. The first-order chi connectivity index (χ1) is 13.2. The maximum Gasteiger partial charge on any atom is 0.268 e. The lowest BCUT2D eigenvalue weighted by Crippen LogP contribution is -2.33. The monoisotopic (exact) mass is 362 g/mol. The third-order valence-corrected chi connectivity index (χ3v) is 3.56. The first-order valence-electron chi connectivity index (χ1n) is 8.30. The van der Waals surface area contributed by atoms with Crippen molar-refractivity contribution in [1.82, 2.24) is 10.6 Å². The quantitative estimate of drug-likeness (QED) is 0.631. The lowest BCUT2D eigenvalue weighted by molar-refractivity contribution is -0.121. The third-order valence-electron chi connectivity index (χ3n) is 3.56. The molecule has 3 rings (SSSR count). The normalized spacial score (nSPS) is 11.5. The maximum atomic E-state index is 12.5. The van der Waals surface area contributed by atoms with Gasteiger partial charge in [-0.15, -0.1) is 0 Å². The molecule has 2 aromatic heterocycles. The van der Waals surface area contributed by atoms with Crippen LogP contribution in [0.1, 0.15) is 17.1 Å². The van der Waals surface area contributed by atoms with Crippen molar-refractivity contribution in [2.24, 2.45) is 0 Å². The van der Waals surface area contributed by atoms with E-state index >= 15 is 0 Å². The van der Waals surface area contributed by atoms with Crippen LogP contribution in [0.2, 0.25) is 0 Å². The molecule has 0 saturated heterocycles. The van der Waals surface area contributed by atoms with Gasteiger partial charge in [-0.2, -0.15) is 0 Å². The Balaban J connectivity index is 1.68. The highest BCUT2D eigenvalue weighted by atomic mass is 16.3. The fourth-order valence-corrected chi connectivity index (χ4v) is 2.26. The zero-order valence-electron chi connectivity index (χ0n) is 14.4. The van der Waals surface area contributed by atoms with Crippen LogP contribution in [0.5, 0.6) is 0 Å². The summed E-state index contributed by atoms with van der Waals surface area (Å²) in [6, 6.07) is 16.3. The van der Waals surface area contributed by atoms with Crippen LogP contribution in [0.4, 0.5) is 0 Å². The second-order valence-corrected chi connectivity index (χ2v) is 5.57. The topological polar surface area (TPSA) is 84.5 Å². The van der Waals surface area contributed by atoms with Gasteiger partial charge in [-0.05, 0) is 35.9 Å². The Hall–Kier alpha value is -3.80. The summed E-state index contributed by atoms with van der Waals surface area (Å²) in [4.78, 5) is 24.7. The minimum absolute atomic E-state index is 0.0687. The highest BCUT2D eigenvalue weighted by Crippen LogP contribution is 2.07. The number of benzene rings is 1. The van der Waals surface area contributed by atoms with Gasteiger partial charge in [0, 0.05) is 12.2 Å². The van der Waals surface area contributed by atoms with Crippen LogP contribution in [-0.2, 0) is 16.1 Å². The van der Waals surface area contributed by atoms with E-state index < -0.39 is 11.8 Å². The number of hydrogen-bond acceptors (Lipinski definition) is 4. The molecule has 0 atom stereocenters. The van der Waals surface area contributed by atoms with Crippen molar-refractivity contribution < 1.29 is 18.4 Å². The number of hydrogen-bond donors (Lipinski definition) is 2. The molecule has 0 aliphatic rings. The fourth-order valence-electron chi connectivity index (χ4n) is 2.26. The molecule has 3 aromatic rings. The van der Waals surface area contributed by atoms with Crippen LogP contribution in [0.25, 0.3) is 12.2 Å². The molecule has 6 heteroatoms. The summed E-state index contributed by atoms with van der Waals surface area (Å²) >= 11 is 0. The summed E-state index contributed by atoms with van der Waals surface area (Å²) in [6.07, 6.45) is 7.51. The first-order valence-corrected chi connectivity index (χ1v) is 8.30. The Morgan fingerprint density at radius 3 is 2.41 bits per heavy atom. The summed E-state index contributed by atoms with van der Waals surface area (Å²) in [5.41, 5.74) is 0.950. The molecule has 0 unspecified atom stereocenters. The third kappa shape index (κ3) is 5.61. The summed E-state index contributed by atoms with van der Waals surface area (Å²) in [6.45, 7) is 0.205. The van der Waals surface area contributed by atoms with E-state index in [1.807, 2.05) is 30.3 Å². The summed E-state index contributed by atoms with van der Waals surface area (Å²) < 4.78 is 10.4. The molecule has 136 valence electrons. The van der Waals surface area contributed by atoms with Crippen LogP contribution in [0.3, 0.4) is 0 Å². The number of carbonyl (C=O) groups is 2. The molecular weight excluding hydrogens is 344 g/mol. The van der Waals surface area contributed by atoms with E-state index in [2.05, 4.69) is 10.6 Å². The number of nitrogens with one attached hydrogen (secondary N) is 2. The molecule has 27 heavy (non-hydrogen) atoms. The van der Waals surface area contributed by atoms with Crippen molar-refractivity contribution in [2.45, 2.75) is 6.54 Å². The molecular formula is C21H18N2O4. The largest absolute Gasteiger partial charge is 0.467 e. The maximum absolute atomic E-state index is 12.5. The lowest BCUT2D eigenvalue weighted by Gasteiger charge is -2.08. The SMILES string of the molecule is O=C(/C=C/c1ccccc1)N/C(=C/c1ccco1)C(=O)NCc1ccco1. The van der Waals surface area contributed by atoms with Gasteiger partial charge >= 0.3 is 0 Å². The van der Waals surface area contributed by atoms with E-state index in [4.69, 9.17) is 8.83 Å². The molecule has 2 amide bonds. The molecule has 0 radical (unpaired) electrons. The van der Waals surface area contributed by atoms with Crippen molar-refractivity contribution in [1.29, 1.82) is 0 Å². The average molecular weight is 362 g/mol. The minimum atomic E-state index is -0.454. The van der Waals surface area contributed by atoms with Gasteiger partial charge in [0.1, 0.15) is 17.2 Å². The predicted octanol–water partition coefficient (Wildman–Crippen LogP) is 3.36. The predicted molar refractivity (Wildman–Crippen MR) is 101 cm³/mol. The van der Waals surface area contributed by atoms with Crippen LogP contribution in [0, 0.1) is 0 Å². The van der Waals surface area contributed by atoms with Gasteiger partial charge < -0.3 is 19.5 Å². The van der Waals surface area contributed by atoms with Gasteiger partial charge in [0.15, 0.2) is 0 Å². The van der Waals surface area contributed by atoms with E-state index in [9.17, 15) is 9.59 Å². The number of rotatable bonds is 7. The summed E-state index contributed by atoms with van der Waals surface area (Å²) in [5.74, 6) is 0.176. The standard InChI is InChI=1S/C21H18N2O4/c24-20(11-10-16-6-2-1-3-7-16)23-19(14-17-8-4-12-26-17)21(25)22-15-18-9-5-13-27-18/h1-14H,15H2,(H,22,25)(H,23,24)/b11-10+,19-14+. The van der Waals surface area contributed by atoms with Crippen LogP contribution in [-0.4, -0.2) is 11.8 Å². The van der Waals surface area contributed by atoms with Gasteiger partial charge in [0.25, 0.3) is 5.91 Å². The van der Waals surface area contributed by atoms with Gasteiger partial charge in [-0.3, -0.25) is 9.59 Å². The van der Waals surface area contributed by atoms with Gasteiger partial charge in [0.05, 0.1) is 19.1 Å². The molecule has 0 saturated carbocycles. The van der Waals surface area contributed by atoms with Crippen LogP contribution >= 0.6 is 0 Å². The van der Waals surface area contributed by atoms with Crippen molar-refractivity contribution >= 4 is 24.0 Å². The fraction of sp³-hybridized carbons (Fsp3) is 0.0476. The molecule has 2 N–H and O–H groups in total. The lowest BCUT2D eigenvalue weighted by atomic mass is 10.2. The number of furan rings is 2. The minimum Gasteiger partial charge on any atom is -0.467 e. The van der Waals surface area contributed by atoms with E-state index in [-0.39, 0.29) is 12.2 Å². The second-order valence-electron chi connectivity index (χ2n) is 5.57. The average Bonchev–Trinajstić information content (AvgIpc) is 3.39. The van der Waals surface area contributed by atoms with Crippen molar-refractivity contribution in [3.8, 4) is 0 Å². The smallest absolute Gasteiger partial charge is 0.268 e. The van der Waals surface area contributed by atoms with E-state index in [1.54, 1.807) is 30.3 Å². The molecule has 6 nitrogen and oxygen atoms in total. The van der Waals surface area contributed by atoms with Gasteiger partial charge in [-0.25, -0.2) is 0 Å². The Morgan fingerprint density at radius 1 is 0.926 bits per heavy atom. The van der Waals surface area contributed by atoms with E-state index in [0.717, 1.165) is 5.56 Å². The highest BCUT2D eigenvalue weighted by Gasteiger charge is 2.13. The zero-order chi connectivity index (χ0) is 18.9. The zero-order valence-corrected chi connectivity index (χ0v) is 14.4. The second kappa shape index (κ2) is 9.05. The summed E-state index contributed by atoms with van der Waals surface area (Å²) in [7, 11) is 0. The first kappa shape index (κ1) is 18.0. The summed E-state index contributed by atoms with van der Waals surface area (Å²) in [5, 5.41) is 5.28. The van der Waals surface area contributed by atoms with Gasteiger partial charge in [0.2, 0.25) is 5.91 Å². The van der Waals surface area contributed by atoms with Crippen LogP contribution < -0.4 is 10.6 Å². The molecule has 0 fully saturated rings. The Bertz CT molecular complexity index is 924. The highest BCUT2D eigenvalue weighted by molar-refractivity contribution is 6.04. The van der Waals surface area contributed by atoms with E-state index in [1.165, 1.54) is 24.7 Å². The molecule has 0 aliphatic carbocycles. The molecule has 1 aromatic carbocycles. The molecule has 0 aliphatic heterocycles. The Labute approximate surface area is 156 Å². The Morgan fingerprint density at radius 2 is 1.70 bits per heavy atom. The molecule has 0 bridgehead atoms. The molecule has 0 spiro atoms.